The van der Waals surface area contributed by atoms with Crippen LogP contribution in [0, 0.1) is 6.92 Å². The van der Waals surface area contributed by atoms with Crippen molar-refractivity contribution in [1.82, 2.24) is 4.98 Å². The van der Waals surface area contributed by atoms with Gasteiger partial charge in [-0.3, -0.25) is 4.79 Å². The third kappa shape index (κ3) is 4.61. The molecule has 0 aliphatic heterocycles. The molecule has 1 aromatic heterocycles. The Balaban J connectivity index is 1.62. The second-order valence-corrected chi connectivity index (χ2v) is 7.32. The topological polar surface area (TPSA) is 72.5 Å². The Kier molecular flexibility index (Phi) is 6.16. The van der Waals surface area contributed by atoms with Crippen LogP contribution in [0.3, 0.4) is 0 Å². The van der Waals surface area contributed by atoms with Crippen molar-refractivity contribution in [1.29, 1.82) is 0 Å². The van der Waals surface area contributed by atoms with Gasteiger partial charge in [-0.05, 0) is 38.1 Å². The molecule has 0 aliphatic rings. The lowest BCUT2D eigenvalue weighted by Crippen LogP contribution is -2.31. The number of carbonyl (C=O) groups is 1. The average molecular weight is 398 g/mol. The zero-order valence-electron chi connectivity index (χ0n) is 16.3. The minimum Gasteiger partial charge on any atom is -0.493 e. The van der Waals surface area contributed by atoms with E-state index in [2.05, 4.69) is 15.6 Å². The lowest BCUT2D eigenvalue weighted by Gasteiger charge is -2.16. The van der Waals surface area contributed by atoms with E-state index in [0.29, 0.717) is 17.2 Å². The third-order valence-corrected chi connectivity index (χ3v) is 5.00. The van der Waals surface area contributed by atoms with E-state index >= 15 is 0 Å². The summed E-state index contributed by atoms with van der Waals surface area (Å²) in [6.07, 6.45) is 0. The summed E-state index contributed by atoms with van der Waals surface area (Å²) in [5.74, 6) is 1.03. The SMILES string of the molecule is COc1ccc(NC(=O)[C@@H](C)Nc2ccc(-c3csc(C)n3)cc2)cc1OC. The van der Waals surface area contributed by atoms with Crippen molar-refractivity contribution in [2.75, 3.05) is 24.9 Å². The van der Waals surface area contributed by atoms with E-state index in [-0.39, 0.29) is 5.91 Å². The van der Waals surface area contributed by atoms with Gasteiger partial charge in [-0.1, -0.05) is 12.1 Å². The molecule has 0 saturated heterocycles. The standard InChI is InChI=1S/C21H23N3O3S/c1-13(21(25)24-17-9-10-19(26-3)20(11-17)27-4)22-16-7-5-15(6-8-16)18-12-28-14(2)23-18/h5-13,22H,1-4H3,(H,24,25)/t13-/m1/s1. The predicted molar refractivity (Wildman–Crippen MR) is 114 cm³/mol. The average Bonchev–Trinajstić information content (AvgIpc) is 3.14. The molecule has 7 heteroatoms. The van der Waals surface area contributed by atoms with Crippen LogP contribution in [-0.2, 0) is 4.79 Å². The molecule has 0 bridgehead atoms. The first kappa shape index (κ1) is 19.7. The van der Waals surface area contributed by atoms with Crippen LogP contribution in [0.15, 0.2) is 47.8 Å². The smallest absolute Gasteiger partial charge is 0.246 e. The number of nitrogens with zero attached hydrogens (tertiary/aromatic N) is 1. The zero-order valence-corrected chi connectivity index (χ0v) is 17.1. The highest BCUT2D eigenvalue weighted by Crippen LogP contribution is 2.30. The van der Waals surface area contributed by atoms with Crippen LogP contribution in [0.2, 0.25) is 0 Å². The number of benzene rings is 2. The molecule has 1 atom stereocenters. The molecule has 0 radical (unpaired) electrons. The number of anilines is 2. The Bertz CT molecular complexity index is 954. The van der Waals surface area contributed by atoms with Crippen LogP contribution >= 0.6 is 11.3 Å². The Morgan fingerprint density at radius 1 is 1.04 bits per heavy atom. The number of ether oxygens (including phenoxy) is 2. The van der Waals surface area contributed by atoms with E-state index in [0.717, 1.165) is 22.0 Å². The normalized spacial score (nSPS) is 11.6. The molecule has 0 saturated carbocycles. The number of rotatable bonds is 7. The van der Waals surface area contributed by atoms with Crippen LogP contribution in [0.5, 0.6) is 11.5 Å². The number of nitrogens with one attached hydrogen (secondary N) is 2. The number of thiazole rings is 1. The second kappa shape index (κ2) is 8.75. The van der Waals surface area contributed by atoms with Crippen LogP contribution < -0.4 is 20.1 Å². The fourth-order valence-corrected chi connectivity index (χ4v) is 3.34. The number of aromatic nitrogens is 1. The highest BCUT2D eigenvalue weighted by atomic mass is 32.1. The van der Waals surface area contributed by atoms with Gasteiger partial charge >= 0.3 is 0 Å². The van der Waals surface area contributed by atoms with Crippen LogP contribution in [0.4, 0.5) is 11.4 Å². The molecule has 0 spiro atoms. The number of amides is 1. The van der Waals surface area contributed by atoms with Crippen molar-refractivity contribution in [3.05, 3.63) is 52.9 Å². The number of hydrogen-bond acceptors (Lipinski definition) is 6. The summed E-state index contributed by atoms with van der Waals surface area (Å²) in [5.41, 5.74) is 3.53. The van der Waals surface area contributed by atoms with Crippen molar-refractivity contribution in [3.63, 3.8) is 0 Å². The fourth-order valence-electron chi connectivity index (χ4n) is 2.71. The molecule has 2 aromatic carbocycles. The van der Waals surface area contributed by atoms with Gasteiger partial charge in [0.2, 0.25) is 5.91 Å². The maximum absolute atomic E-state index is 12.5. The van der Waals surface area contributed by atoms with Gasteiger partial charge in [0, 0.05) is 28.4 Å². The molecule has 1 amide bonds. The van der Waals surface area contributed by atoms with Gasteiger partial charge < -0.3 is 20.1 Å². The van der Waals surface area contributed by atoms with E-state index in [1.165, 1.54) is 0 Å². The van der Waals surface area contributed by atoms with Crippen molar-refractivity contribution in [2.45, 2.75) is 19.9 Å². The Labute approximate surface area is 168 Å². The van der Waals surface area contributed by atoms with Gasteiger partial charge in [-0.15, -0.1) is 11.3 Å². The summed E-state index contributed by atoms with van der Waals surface area (Å²) in [6.45, 7) is 3.80. The number of hydrogen-bond donors (Lipinski definition) is 2. The summed E-state index contributed by atoms with van der Waals surface area (Å²) < 4.78 is 10.5. The largest absolute Gasteiger partial charge is 0.493 e. The van der Waals surface area contributed by atoms with E-state index < -0.39 is 6.04 Å². The predicted octanol–water partition coefficient (Wildman–Crippen LogP) is 4.57. The molecule has 3 aromatic rings. The molecular formula is C21H23N3O3S. The van der Waals surface area contributed by atoms with E-state index in [4.69, 9.17) is 9.47 Å². The highest BCUT2D eigenvalue weighted by molar-refractivity contribution is 7.09. The molecule has 1 heterocycles. The molecule has 0 fully saturated rings. The first-order valence-corrected chi connectivity index (χ1v) is 9.70. The molecule has 0 unspecified atom stereocenters. The number of carbonyl (C=O) groups excluding carboxylic acids is 1. The quantitative estimate of drug-likeness (QED) is 0.611. The zero-order chi connectivity index (χ0) is 20.1. The highest BCUT2D eigenvalue weighted by Gasteiger charge is 2.14. The molecule has 2 N–H and O–H groups in total. The van der Waals surface area contributed by atoms with Gasteiger partial charge in [0.05, 0.1) is 24.9 Å². The molecule has 6 nitrogen and oxygen atoms in total. The Hall–Kier alpha value is -3.06. The number of methoxy groups -OCH3 is 2. The maximum Gasteiger partial charge on any atom is 0.246 e. The van der Waals surface area contributed by atoms with Gasteiger partial charge in [0.1, 0.15) is 6.04 Å². The molecule has 3 rings (SSSR count). The van der Waals surface area contributed by atoms with Crippen LogP contribution in [0.1, 0.15) is 11.9 Å². The van der Waals surface area contributed by atoms with Crippen molar-refractivity contribution in [2.24, 2.45) is 0 Å². The lowest BCUT2D eigenvalue weighted by molar-refractivity contribution is -0.116. The first-order chi connectivity index (χ1) is 13.5. The summed E-state index contributed by atoms with van der Waals surface area (Å²) in [4.78, 5) is 17.0. The summed E-state index contributed by atoms with van der Waals surface area (Å²) >= 11 is 1.63. The van der Waals surface area contributed by atoms with Crippen molar-refractivity contribution < 1.29 is 14.3 Å². The van der Waals surface area contributed by atoms with Crippen molar-refractivity contribution >= 4 is 28.6 Å². The number of aryl methyl sites for hydroxylation is 1. The maximum atomic E-state index is 12.5. The molecule has 28 heavy (non-hydrogen) atoms. The first-order valence-electron chi connectivity index (χ1n) is 8.82. The van der Waals surface area contributed by atoms with Crippen molar-refractivity contribution in [3.8, 4) is 22.8 Å². The Morgan fingerprint density at radius 3 is 2.32 bits per heavy atom. The lowest BCUT2D eigenvalue weighted by atomic mass is 10.1. The monoisotopic (exact) mass is 397 g/mol. The molecule has 0 aliphatic carbocycles. The fraction of sp³-hybridized carbons (Fsp3) is 0.238. The van der Waals surface area contributed by atoms with E-state index in [9.17, 15) is 4.79 Å². The second-order valence-electron chi connectivity index (χ2n) is 6.25. The summed E-state index contributed by atoms with van der Waals surface area (Å²) in [6, 6.07) is 12.7. The Morgan fingerprint density at radius 2 is 1.71 bits per heavy atom. The minimum atomic E-state index is -0.416. The van der Waals surface area contributed by atoms with Gasteiger partial charge in [-0.2, -0.15) is 0 Å². The van der Waals surface area contributed by atoms with E-state index in [1.807, 2.05) is 43.5 Å². The summed E-state index contributed by atoms with van der Waals surface area (Å²) in [7, 11) is 3.13. The molecular weight excluding hydrogens is 374 g/mol. The van der Waals surface area contributed by atoms with Gasteiger partial charge in [0.25, 0.3) is 0 Å². The van der Waals surface area contributed by atoms with E-state index in [1.54, 1.807) is 43.8 Å². The summed E-state index contributed by atoms with van der Waals surface area (Å²) in [5, 5.41) is 9.17. The van der Waals surface area contributed by atoms with Gasteiger partial charge in [0.15, 0.2) is 11.5 Å². The third-order valence-electron chi connectivity index (χ3n) is 4.23. The van der Waals surface area contributed by atoms with Gasteiger partial charge in [-0.25, -0.2) is 4.98 Å². The van der Waals surface area contributed by atoms with Crippen LogP contribution in [-0.4, -0.2) is 31.2 Å². The molecule has 146 valence electrons. The minimum absolute atomic E-state index is 0.147. The van der Waals surface area contributed by atoms with Crippen LogP contribution in [0.25, 0.3) is 11.3 Å².